The topological polar surface area (TPSA) is 81.1 Å². The van der Waals surface area contributed by atoms with Gasteiger partial charge in [0.2, 0.25) is 0 Å². The fourth-order valence-electron chi connectivity index (χ4n) is 3.57. The van der Waals surface area contributed by atoms with Crippen LogP contribution in [0.1, 0.15) is 34.6 Å². The van der Waals surface area contributed by atoms with Crippen LogP contribution in [-0.4, -0.2) is 30.4 Å². The molecular formula is C21H20FN3O3S. The molecule has 2 aromatic carbocycles. The highest BCUT2D eigenvalue weighted by molar-refractivity contribution is 7.90. The van der Waals surface area contributed by atoms with Gasteiger partial charge in [-0.25, -0.2) is 17.5 Å². The molecule has 0 unspecified atom stereocenters. The van der Waals surface area contributed by atoms with E-state index < -0.39 is 15.7 Å². The third-order valence-electron chi connectivity index (χ3n) is 4.99. The number of rotatable bonds is 4. The molecule has 1 aliphatic rings. The van der Waals surface area contributed by atoms with Crippen molar-refractivity contribution in [1.82, 2.24) is 9.78 Å². The summed E-state index contributed by atoms with van der Waals surface area (Å²) >= 11 is 0. The predicted octanol–water partition coefficient (Wildman–Crippen LogP) is 3.55. The summed E-state index contributed by atoms with van der Waals surface area (Å²) in [5, 5.41) is 7.28. The average Bonchev–Trinajstić information content (AvgIpc) is 3.08. The molecule has 3 aromatic rings. The lowest BCUT2D eigenvalue weighted by molar-refractivity contribution is 0.102. The Bertz CT molecular complexity index is 1180. The zero-order chi connectivity index (χ0) is 20.6. The lowest BCUT2D eigenvalue weighted by Gasteiger charge is -2.14. The molecule has 0 fully saturated rings. The Kier molecular flexibility index (Phi) is 4.96. The third kappa shape index (κ3) is 3.93. The van der Waals surface area contributed by atoms with Crippen LogP contribution in [0, 0.1) is 5.82 Å². The molecule has 1 heterocycles. The molecule has 1 aromatic heterocycles. The van der Waals surface area contributed by atoms with Gasteiger partial charge in [0.25, 0.3) is 5.91 Å². The largest absolute Gasteiger partial charge is 0.321 e. The maximum atomic E-state index is 13.3. The third-order valence-corrected chi connectivity index (χ3v) is 6.10. The highest BCUT2D eigenvalue weighted by atomic mass is 32.2. The number of fused-ring (bicyclic) bond motifs is 1. The van der Waals surface area contributed by atoms with Gasteiger partial charge in [-0.15, -0.1) is 0 Å². The van der Waals surface area contributed by atoms with Crippen LogP contribution in [0.15, 0.2) is 53.4 Å². The highest BCUT2D eigenvalue weighted by Crippen LogP contribution is 2.28. The first-order valence-corrected chi connectivity index (χ1v) is 11.2. The van der Waals surface area contributed by atoms with E-state index in [0.717, 1.165) is 43.2 Å². The van der Waals surface area contributed by atoms with Gasteiger partial charge in [0.1, 0.15) is 5.82 Å². The van der Waals surface area contributed by atoms with Crippen molar-refractivity contribution in [3.8, 4) is 5.69 Å². The zero-order valence-corrected chi connectivity index (χ0v) is 16.7. The number of benzene rings is 2. The van der Waals surface area contributed by atoms with Gasteiger partial charge in [0.15, 0.2) is 15.5 Å². The van der Waals surface area contributed by atoms with Crippen molar-refractivity contribution >= 4 is 21.4 Å². The van der Waals surface area contributed by atoms with Gasteiger partial charge < -0.3 is 5.32 Å². The lowest BCUT2D eigenvalue weighted by atomic mass is 9.95. The van der Waals surface area contributed by atoms with E-state index in [1.54, 1.807) is 28.9 Å². The molecule has 1 N–H and O–H groups in total. The van der Waals surface area contributed by atoms with Crippen LogP contribution in [0.4, 0.5) is 10.1 Å². The number of nitrogens with one attached hydrogen (secondary N) is 1. The normalized spacial score (nSPS) is 13.7. The molecule has 8 heteroatoms. The number of sulfone groups is 1. The van der Waals surface area contributed by atoms with Gasteiger partial charge in [-0.3, -0.25) is 4.79 Å². The number of carbonyl (C=O) groups is 1. The minimum Gasteiger partial charge on any atom is -0.321 e. The van der Waals surface area contributed by atoms with Crippen molar-refractivity contribution in [1.29, 1.82) is 0 Å². The lowest BCUT2D eigenvalue weighted by Crippen LogP contribution is -2.16. The summed E-state index contributed by atoms with van der Waals surface area (Å²) in [5.74, 6) is -0.729. The minimum atomic E-state index is -3.38. The standard InChI is InChI=1S/C21H20FN3O3S/c1-29(27,28)17-6-4-5-15(13-17)23-21(26)20-18-7-2-3-8-19(18)25(24-20)16-11-9-14(22)10-12-16/h4-6,9-13H,2-3,7-8H2,1H3,(H,23,26). The van der Waals surface area contributed by atoms with Crippen molar-refractivity contribution in [2.24, 2.45) is 0 Å². The second-order valence-electron chi connectivity index (χ2n) is 7.12. The van der Waals surface area contributed by atoms with E-state index in [0.29, 0.717) is 17.1 Å². The molecule has 4 rings (SSSR count). The molecule has 0 saturated carbocycles. The number of hydrogen-bond donors (Lipinski definition) is 1. The second-order valence-corrected chi connectivity index (χ2v) is 9.14. The van der Waals surface area contributed by atoms with Crippen LogP contribution >= 0.6 is 0 Å². The highest BCUT2D eigenvalue weighted by Gasteiger charge is 2.26. The fraction of sp³-hybridized carbons (Fsp3) is 0.238. The van der Waals surface area contributed by atoms with Crippen LogP contribution in [0.2, 0.25) is 0 Å². The Morgan fingerprint density at radius 3 is 2.55 bits per heavy atom. The number of halogens is 1. The van der Waals surface area contributed by atoms with Gasteiger partial charge in [0, 0.05) is 23.2 Å². The average molecular weight is 413 g/mol. The fourth-order valence-corrected chi connectivity index (χ4v) is 4.24. The van der Waals surface area contributed by atoms with Gasteiger partial charge in [-0.05, 0) is 68.1 Å². The second kappa shape index (κ2) is 7.44. The van der Waals surface area contributed by atoms with Gasteiger partial charge >= 0.3 is 0 Å². The van der Waals surface area contributed by atoms with Gasteiger partial charge in [0.05, 0.1) is 10.6 Å². The van der Waals surface area contributed by atoms with Crippen LogP contribution in [0.25, 0.3) is 5.69 Å². The molecule has 0 radical (unpaired) electrons. The van der Waals surface area contributed by atoms with Crippen LogP contribution in [0.5, 0.6) is 0 Å². The summed E-state index contributed by atoms with van der Waals surface area (Å²) in [6.07, 6.45) is 4.61. The van der Waals surface area contributed by atoms with Crippen molar-refractivity contribution in [2.45, 2.75) is 30.6 Å². The molecule has 0 aliphatic heterocycles. The number of aromatic nitrogens is 2. The summed E-state index contributed by atoms with van der Waals surface area (Å²) in [6, 6.07) is 12.1. The SMILES string of the molecule is CS(=O)(=O)c1cccc(NC(=O)c2nn(-c3ccc(F)cc3)c3c2CCCC3)c1. The molecule has 0 bridgehead atoms. The number of anilines is 1. The summed E-state index contributed by atoms with van der Waals surface area (Å²) in [7, 11) is -3.38. The zero-order valence-electron chi connectivity index (χ0n) is 15.9. The maximum absolute atomic E-state index is 13.3. The molecule has 6 nitrogen and oxygen atoms in total. The van der Waals surface area contributed by atoms with Crippen molar-refractivity contribution in [3.63, 3.8) is 0 Å². The Labute approximate surface area is 168 Å². The van der Waals surface area contributed by atoms with E-state index in [2.05, 4.69) is 10.4 Å². The number of nitrogens with zero attached hydrogens (tertiary/aromatic N) is 2. The van der Waals surface area contributed by atoms with Crippen LogP contribution in [0.3, 0.4) is 0 Å². The monoisotopic (exact) mass is 413 g/mol. The number of hydrogen-bond acceptors (Lipinski definition) is 4. The minimum absolute atomic E-state index is 0.133. The van der Waals surface area contributed by atoms with Crippen molar-refractivity contribution < 1.29 is 17.6 Å². The summed E-state index contributed by atoms with van der Waals surface area (Å²) in [6.45, 7) is 0. The molecule has 1 aliphatic carbocycles. The van der Waals surface area contributed by atoms with Gasteiger partial charge in [-0.2, -0.15) is 5.10 Å². The maximum Gasteiger partial charge on any atom is 0.276 e. The summed E-state index contributed by atoms with van der Waals surface area (Å²) < 4.78 is 38.5. The van der Waals surface area contributed by atoms with E-state index in [-0.39, 0.29) is 10.7 Å². The molecule has 1 amide bonds. The van der Waals surface area contributed by atoms with E-state index in [9.17, 15) is 17.6 Å². The first-order valence-electron chi connectivity index (χ1n) is 9.31. The van der Waals surface area contributed by atoms with Gasteiger partial charge in [-0.1, -0.05) is 6.07 Å². The van der Waals surface area contributed by atoms with E-state index in [1.807, 2.05) is 0 Å². The van der Waals surface area contributed by atoms with Crippen LogP contribution in [-0.2, 0) is 22.7 Å². The molecule has 150 valence electrons. The van der Waals surface area contributed by atoms with E-state index >= 15 is 0 Å². The van der Waals surface area contributed by atoms with Crippen LogP contribution < -0.4 is 5.32 Å². The Balaban J connectivity index is 1.70. The van der Waals surface area contributed by atoms with Crippen molar-refractivity contribution in [2.75, 3.05) is 11.6 Å². The molecule has 29 heavy (non-hydrogen) atoms. The smallest absolute Gasteiger partial charge is 0.276 e. The molecular weight excluding hydrogens is 393 g/mol. The molecule has 0 atom stereocenters. The number of amides is 1. The summed E-state index contributed by atoms with van der Waals surface area (Å²) in [5.41, 5.74) is 3.24. The quantitative estimate of drug-likeness (QED) is 0.709. The Morgan fingerprint density at radius 1 is 1.10 bits per heavy atom. The first-order chi connectivity index (χ1) is 13.8. The first kappa shape index (κ1) is 19.3. The molecule has 0 spiro atoms. The Hall–Kier alpha value is -3.00. The molecule has 0 saturated heterocycles. The van der Waals surface area contributed by atoms with E-state index in [4.69, 9.17) is 0 Å². The number of carbonyl (C=O) groups excluding carboxylic acids is 1. The summed E-state index contributed by atoms with van der Waals surface area (Å²) in [4.78, 5) is 13.1. The predicted molar refractivity (Wildman–Crippen MR) is 108 cm³/mol. The van der Waals surface area contributed by atoms with Crippen molar-refractivity contribution in [3.05, 3.63) is 71.3 Å². The Morgan fingerprint density at radius 2 is 1.83 bits per heavy atom. The van der Waals surface area contributed by atoms with E-state index in [1.165, 1.54) is 24.3 Å².